The maximum atomic E-state index is 2.27. The van der Waals surface area contributed by atoms with Gasteiger partial charge in [0.25, 0.3) is 0 Å². The van der Waals surface area contributed by atoms with Gasteiger partial charge in [0.05, 0.1) is 0 Å². The lowest BCUT2D eigenvalue weighted by Crippen LogP contribution is -2.03. The lowest BCUT2D eigenvalue weighted by Gasteiger charge is -2.21. The molecule has 12 heavy (non-hydrogen) atoms. The first kappa shape index (κ1) is 7.85. The monoisotopic (exact) mass is 161 g/mol. The van der Waals surface area contributed by atoms with E-state index in [1.165, 1.54) is 32.1 Å². The van der Waals surface area contributed by atoms with Crippen molar-refractivity contribution in [3.8, 4) is 0 Å². The van der Waals surface area contributed by atoms with Gasteiger partial charge in [-0.1, -0.05) is 49.6 Å². The van der Waals surface area contributed by atoms with Crippen molar-refractivity contribution in [2.45, 2.75) is 38.0 Å². The average Bonchev–Trinajstić information content (AvgIpc) is 2.21. The van der Waals surface area contributed by atoms with E-state index in [9.17, 15) is 0 Å². The Morgan fingerprint density at radius 3 is 2.25 bits per heavy atom. The van der Waals surface area contributed by atoms with Crippen LogP contribution in [0.25, 0.3) is 0 Å². The lowest BCUT2D eigenvalue weighted by molar-refractivity contribution is 0.443. The largest absolute Gasteiger partial charge is 1.00 e. The predicted molar refractivity (Wildman–Crippen MR) is 53.4 cm³/mol. The molecule has 1 aromatic carbocycles. The fraction of sp³-hybridized carbons (Fsp3) is 0.500. The SMILES string of the molecule is [H+].c1ccc(C2CCCCC2)cc1. The smallest absolute Gasteiger partial charge is 0.0622 e. The van der Waals surface area contributed by atoms with Gasteiger partial charge in [-0.2, -0.15) is 0 Å². The molecule has 0 heterocycles. The third kappa shape index (κ3) is 1.69. The van der Waals surface area contributed by atoms with Crippen molar-refractivity contribution in [3.05, 3.63) is 35.9 Å². The van der Waals surface area contributed by atoms with E-state index in [1.807, 2.05) is 0 Å². The molecule has 0 heteroatoms. The molecule has 0 aliphatic heterocycles. The van der Waals surface area contributed by atoms with E-state index in [0.717, 1.165) is 5.92 Å². The summed E-state index contributed by atoms with van der Waals surface area (Å²) in [7, 11) is 0. The highest BCUT2D eigenvalue weighted by Crippen LogP contribution is 2.31. The molecule has 0 amide bonds. The minimum atomic E-state index is 0. The maximum absolute atomic E-state index is 2.27. The molecule has 0 radical (unpaired) electrons. The predicted octanol–water partition coefficient (Wildman–Crippen LogP) is 3.85. The molecular formula is C12H17+. The van der Waals surface area contributed by atoms with Gasteiger partial charge in [-0.25, -0.2) is 0 Å². The summed E-state index contributed by atoms with van der Waals surface area (Å²) in [5, 5.41) is 0. The molecule has 1 saturated carbocycles. The highest BCUT2D eigenvalue weighted by molar-refractivity contribution is 5.19. The third-order valence-electron chi connectivity index (χ3n) is 2.88. The Labute approximate surface area is 76.1 Å². The number of hydrogen-bond donors (Lipinski definition) is 0. The van der Waals surface area contributed by atoms with E-state index in [1.54, 1.807) is 5.56 Å². The Morgan fingerprint density at radius 1 is 0.917 bits per heavy atom. The molecule has 1 aliphatic rings. The van der Waals surface area contributed by atoms with Crippen molar-refractivity contribution in [1.82, 2.24) is 0 Å². The molecule has 0 unspecified atom stereocenters. The zero-order chi connectivity index (χ0) is 8.23. The first-order chi connectivity index (χ1) is 5.97. The first-order valence-electron chi connectivity index (χ1n) is 5.02. The lowest BCUT2D eigenvalue weighted by atomic mass is 9.84. The molecule has 1 aliphatic carbocycles. The van der Waals surface area contributed by atoms with Gasteiger partial charge in [0.15, 0.2) is 0 Å². The van der Waals surface area contributed by atoms with Gasteiger partial charge in [0.1, 0.15) is 0 Å². The van der Waals surface area contributed by atoms with Gasteiger partial charge >= 0.3 is 1.43 Å². The second-order valence-corrected chi connectivity index (χ2v) is 3.75. The summed E-state index contributed by atoms with van der Waals surface area (Å²) in [6, 6.07) is 11.0. The molecule has 0 nitrogen and oxygen atoms in total. The van der Waals surface area contributed by atoms with Crippen LogP contribution in [0.15, 0.2) is 30.3 Å². The van der Waals surface area contributed by atoms with Crippen LogP contribution in [0.3, 0.4) is 0 Å². The molecule has 64 valence electrons. The highest BCUT2D eigenvalue weighted by atomic mass is 14.2. The van der Waals surface area contributed by atoms with Gasteiger partial charge in [-0.15, -0.1) is 0 Å². The Morgan fingerprint density at radius 2 is 1.58 bits per heavy atom. The van der Waals surface area contributed by atoms with E-state index in [2.05, 4.69) is 30.3 Å². The quantitative estimate of drug-likeness (QED) is 0.587. The Balaban J connectivity index is 0.000000845. The summed E-state index contributed by atoms with van der Waals surface area (Å²) < 4.78 is 0. The first-order valence-corrected chi connectivity index (χ1v) is 5.02. The van der Waals surface area contributed by atoms with E-state index in [0.29, 0.717) is 0 Å². The maximum Gasteiger partial charge on any atom is 1.00 e. The molecule has 0 spiro atoms. The Hall–Kier alpha value is -0.780. The Kier molecular flexibility index (Phi) is 2.45. The normalized spacial score (nSPS) is 19.3. The van der Waals surface area contributed by atoms with E-state index >= 15 is 0 Å². The standard InChI is InChI=1S/C12H16/c1-3-7-11(8-4-1)12-9-5-2-6-10-12/h1,3-4,7-8,12H,2,5-6,9-10H2/p+1. The van der Waals surface area contributed by atoms with Crippen molar-refractivity contribution in [2.75, 3.05) is 0 Å². The van der Waals surface area contributed by atoms with Crippen LogP contribution in [-0.4, -0.2) is 0 Å². The fourth-order valence-corrected chi connectivity index (χ4v) is 2.16. The van der Waals surface area contributed by atoms with Crippen molar-refractivity contribution < 1.29 is 1.43 Å². The van der Waals surface area contributed by atoms with Crippen LogP contribution >= 0.6 is 0 Å². The van der Waals surface area contributed by atoms with Gasteiger partial charge in [0.2, 0.25) is 0 Å². The average molecular weight is 161 g/mol. The molecule has 0 saturated heterocycles. The molecule has 0 atom stereocenters. The van der Waals surface area contributed by atoms with Crippen molar-refractivity contribution in [1.29, 1.82) is 0 Å². The van der Waals surface area contributed by atoms with E-state index < -0.39 is 0 Å². The molecule has 0 bridgehead atoms. The number of benzene rings is 1. The van der Waals surface area contributed by atoms with Gasteiger partial charge in [-0.3, -0.25) is 0 Å². The second-order valence-electron chi connectivity index (χ2n) is 3.75. The van der Waals surface area contributed by atoms with Crippen LogP contribution in [0, 0.1) is 0 Å². The number of hydrogen-bond acceptors (Lipinski definition) is 0. The topological polar surface area (TPSA) is 0 Å². The Bertz CT molecular complexity index is 224. The third-order valence-corrected chi connectivity index (χ3v) is 2.88. The van der Waals surface area contributed by atoms with Gasteiger partial charge in [0, 0.05) is 0 Å². The molecule has 1 aromatic rings. The summed E-state index contributed by atoms with van der Waals surface area (Å²) in [5.74, 6) is 0.861. The van der Waals surface area contributed by atoms with Crippen LogP contribution < -0.4 is 0 Å². The van der Waals surface area contributed by atoms with Crippen molar-refractivity contribution in [2.24, 2.45) is 0 Å². The van der Waals surface area contributed by atoms with Crippen LogP contribution in [-0.2, 0) is 0 Å². The van der Waals surface area contributed by atoms with Crippen molar-refractivity contribution >= 4 is 0 Å². The molecule has 1 fully saturated rings. The van der Waals surface area contributed by atoms with E-state index in [-0.39, 0.29) is 1.43 Å². The summed E-state index contributed by atoms with van der Waals surface area (Å²) >= 11 is 0. The van der Waals surface area contributed by atoms with Crippen LogP contribution in [0.1, 0.15) is 45.0 Å². The van der Waals surface area contributed by atoms with Gasteiger partial charge in [-0.05, 0) is 24.3 Å². The fourth-order valence-electron chi connectivity index (χ4n) is 2.16. The van der Waals surface area contributed by atoms with Crippen LogP contribution in [0.2, 0.25) is 0 Å². The highest BCUT2D eigenvalue weighted by Gasteiger charge is 2.14. The summed E-state index contributed by atoms with van der Waals surface area (Å²) in [4.78, 5) is 0. The summed E-state index contributed by atoms with van der Waals surface area (Å²) in [5.41, 5.74) is 1.55. The van der Waals surface area contributed by atoms with Crippen molar-refractivity contribution in [3.63, 3.8) is 0 Å². The number of rotatable bonds is 1. The van der Waals surface area contributed by atoms with Crippen LogP contribution in [0.5, 0.6) is 0 Å². The second kappa shape index (κ2) is 3.75. The van der Waals surface area contributed by atoms with Gasteiger partial charge < -0.3 is 0 Å². The zero-order valence-corrected chi connectivity index (χ0v) is 7.50. The molecular weight excluding hydrogens is 144 g/mol. The van der Waals surface area contributed by atoms with Crippen LogP contribution in [0.4, 0.5) is 0 Å². The zero-order valence-electron chi connectivity index (χ0n) is 8.50. The molecule has 2 rings (SSSR count). The molecule has 0 aromatic heterocycles. The summed E-state index contributed by atoms with van der Waals surface area (Å²) in [6.45, 7) is 0. The summed E-state index contributed by atoms with van der Waals surface area (Å²) in [6.07, 6.45) is 7.12. The molecule has 0 N–H and O–H groups in total. The van der Waals surface area contributed by atoms with E-state index in [4.69, 9.17) is 0 Å². The minimum absolute atomic E-state index is 0. The minimum Gasteiger partial charge on any atom is -0.0622 e.